The van der Waals surface area contributed by atoms with Crippen LogP contribution in [-0.4, -0.2) is 56.7 Å². The van der Waals surface area contributed by atoms with Crippen molar-refractivity contribution >= 4 is 5.91 Å². The zero-order valence-electron chi connectivity index (χ0n) is 15.4. The number of morpholine rings is 1. The van der Waals surface area contributed by atoms with E-state index in [4.69, 9.17) is 4.74 Å². The summed E-state index contributed by atoms with van der Waals surface area (Å²) in [6, 6.07) is 6.67. The Morgan fingerprint density at radius 3 is 2.62 bits per heavy atom. The van der Waals surface area contributed by atoms with Crippen molar-refractivity contribution in [1.29, 1.82) is 0 Å². The van der Waals surface area contributed by atoms with Gasteiger partial charge in [-0.2, -0.15) is 0 Å². The number of amides is 1. The number of halogens is 1. The lowest BCUT2D eigenvalue weighted by Gasteiger charge is -2.35. The molecule has 144 valence electrons. The summed E-state index contributed by atoms with van der Waals surface area (Å²) >= 11 is 0. The van der Waals surface area contributed by atoms with Gasteiger partial charge in [0.25, 0.3) is 0 Å². The average Bonchev–Trinajstić information content (AvgIpc) is 2.69. The van der Waals surface area contributed by atoms with Crippen LogP contribution in [0.5, 0.6) is 0 Å². The molecule has 1 aromatic carbocycles. The third kappa shape index (κ3) is 5.76. The smallest absolute Gasteiger partial charge is 0.220 e. The highest BCUT2D eigenvalue weighted by molar-refractivity contribution is 5.75. The molecule has 26 heavy (non-hydrogen) atoms. The maximum absolute atomic E-state index is 13.3. The Balaban J connectivity index is 1.52. The molecular weight excluding hydrogens is 333 g/mol. The maximum Gasteiger partial charge on any atom is 0.220 e. The second-order valence-corrected chi connectivity index (χ2v) is 7.25. The number of benzene rings is 1. The molecule has 1 atom stereocenters. The monoisotopic (exact) mass is 363 g/mol. The highest BCUT2D eigenvalue weighted by atomic mass is 19.1. The lowest BCUT2D eigenvalue weighted by atomic mass is 9.93. The summed E-state index contributed by atoms with van der Waals surface area (Å²) in [6.45, 7) is 5.73. The van der Waals surface area contributed by atoms with Crippen molar-refractivity contribution < 1.29 is 13.9 Å². The van der Waals surface area contributed by atoms with E-state index in [1.54, 1.807) is 0 Å². The zero-order valence-corrected chi connectivity index (χ0v) is 15.4. The summed E-state index contributed by atoms with van der Waals surface area (Å²) in [4.78, 5) is 14.6. The van der Waals surface area contributed by atoms with Crippen LogP contribution >= 0.6 is 0 Å². The molecule has 1 unspecified atom stereocenters. The molecule has 2 aliphatic rings. The quantitative estimate of drug-likeness (QED) is 0.779. The Kier molecular flexibility index (Phi) is 7.41. The lowest BCUT2D eigenvalue weighted by molar-refractivity contribution is -0.121. The summed E-state index contributed by atoms with van der Waals surface area (Å²) in [5.74, 6) is 0.540. The molecule has 2 N–H and O–H groups in total. The number of hydrogen-bond donors (Lipinski definition) is 2. The number of nitrogens with one attached hydrogen (secondary N) is 2. The summed E-state index contributed by atoms with van der Waals surface area (Å²) in [5.41, 5.74) is 1.03. The molecule has 2 heterocycles. The second-order valence-electron chi connectivity index (χ2n) is 7.25. The molecule has 0 bridgehead atoms. The predicted molar refractivity (Wildman–Crippen MR) is 99.4 cm³/mol. The molecule has 1 amide bonds. The van der Waals surface area contributed by atoms with Crippen LogP contribution in [0.3, 0.4) is 0 Å². The highest BCUT2D eigenvalue weighted by Crippen LogP contribution is 2.22. The summed E-state index contributed by atoms with van der Waals surface area (Å²) < 4.78 is 18.7. The molecule has 2 aliphatic heterocycles. The Morgan fingerprint density at radius 1 is 1.23 bits per heavy atom. The minimum atomic E-state index is -0.236. The molecule has 3 rings (SSSR count). The van der Waals surface area contributed by atoms with E-state index in [9.17, 15) is 9.18 Å². The third-order valence-corrected chi connectivity index (χ3v) is 5.47. The van der Waals surface area contributed by atoms with Gasteiger partial charge in [-0.05, 0) is 56.0 Å². The van der Waals surface area contributed by atoms with Crippen molar-refractivity contribution in [2.24, 2.45) is 5.92 Å². The van der Waals surface area contributed by atoms with E-state index in [1.807, 2.05) is 12.1 Å². The van der Waals surface area contributed by atoms with Crippen LogP contribution in [-0.2, 0) is 9.53 Å². The number of carbonyl (C=O) groups is 1. The second kappa shape index (κ2) is 10.00. The fourth-order valence-corrected chi connectivity index (χ4v) is 3.84. The van der Waals surface area contributed by atoms with E-state index in [0.29, 0.717) is 32.1 Å². The van der Waals surface area contributed by atoms with Gasteiger partial charge in [-0.25, -0.2) is 4.39 Å². The Labute approximate surface area is 155 Å². The normalized spacial score (nSPS) is 20.7. The number of rotatable bonds is 7. The molecule has 5 nitrogen and oxygen atoms in total. The van der Waals surface area contributed by atoms with Gasteiger partial charge in [0.2, 0.25) is 5.91 Å². The summed E-state index contributed by atoms with van der Waals surface area (Å²) in [7, 11) is 0. The van der Waals surface area contributed by atoms with Gasteiger partial charge in [-0.15, -0.1) is 0 Å². The van der Waals surface area contributed by atoms with Gasteiger partial charge in [0.15, 0.2) is 0 Å². The first-order chi connectivity index (χ1) is 12.7. The topological polar surface area (TPSA) is 53.6 Å². The summed E-state index contributed by atoms with van der Waals surface area (Å²) in [5, 5.41) is 6.46. The van der Waals surface area contributed by atoms with Gasteiger partial charge < -0.3 is 15.4 Å². The van der Waals surface area contributed by atoms with Crippen molar-refractivity contribution in [1.82, 2.24) is 15.5 Å². The molecule has 0 saturated carbocycles. The summed E-state index contributed by atoms with van der Waals surface area (Å²) in [6.07, 6.45) is 3.88. The molecular formula is C20H30FN3O2. The first-order valence-electron chi connectivity index (χ1n) is 9.77. The van der Waals surface area contributed by atoms with Gasteiger partial charge in [-0.1, -0.05) is 12.1 Å². The number of piperidine rings is 1. The Morgan fingerprint density at radius 2 is 1.92 bits per heavy atom. The van der Waals surface area contributed by atoms with Crippen LogP contribution in [0.4, 0.5) is 4.39 Å². The van der Waals surface area contributed by atoms with E-state index in [-0.39, 0.29) is 17.8 Å². The first-order valence-corrected chi connectivity index (χ1v) is 9.77. The van der Waals surface area contributed by atoms with Crippen LogP contribution in [0.2, 0.25) is 0 Å². The van der Waals surface area contributed by atoms with Gasteiger partial charge in [0.1, 0.15) is 5.82 Å². The molecule has 0 aliphatic carbocycles. The van der Waals surface area contributed by atoms with E-state index < -0.39 is 0 Å². The van der Waals surface area contributed by atoms with E-state index in [1.165, 1.54) is 25.0 Å². The number of nitrogens with zero attached hydrogens (tertiary/aromatic N) is 1. The van der Waals surface area contributed by atoms with Gasteiger partial charge in [0, 0.05) is 26.1 Å². The predicted octanol–water partition coefficient (Wildman–Crippen LogP) is 2.10. The molecule has 0 spiro atoms. The molecule has 0 aromatic heterocycles. The van der Waals surface area contributed by atoms with Crippen LogP contribution < -0.4 is 10.6 Å². The Bertz CT molecular complexity index is 555. The fraction of sp³-hybridized carbons (Fsp3) is 0.650. The van der Waals surface area contributed by atoms with E-state index in [2.05, 4.69) is 15.5 Å². The standard InChI is InChI=1S/C20H30FN3O2/c21-18-4-2-17(3-5-18)19(24-11-13-26-14-12-24)15-23-20(25)6-1-16-7-9-22-10-8-16/h2-5,16,19,22H,1,6-15H2,(H,23,25). The van der Waals surface area contributed by atoms with Gasteiger partial charge >= 0.3 is 0 Å². The zero-order chi connectivity index (χ0) is 18.2. The largest absolute Gasteiger partial charge is 0.379 e. The molecule has 1 aromatic rings. The van der Waals surface area contributed by atoms with Crippen LogP contribution in [0.25, 0.3) is 0 Å². The highest BCUT2D eigenvalue weighted by Gasteiger charge is 2.23. The van der Waals surface area contributed by atoms with E-state index >= 15 is 0 Å². The van der Waals surface area contributed by atoms with Crippen LogP contribution in [0.1, 0.15) is 37.3 Å². The van der Waals surface area contributed by atoms with E-state index in [0.717, 1.165) is 38.2 Å². The van der Waals surface area contributed by atoms with Crippen molar-refractivity contribution in [2.45, 2.75) is 31.7 Å². The minimum Gasteiger partial charge on any atom is -0.379 e. The maximum atomic E-state index is 13.3. The van der Waals surface area contributed by atoms with Crippen molar-refractivity contribution in [3.05, 3.63) is 35.6 Å². The van der Waals surface area contributed by atoms with Crippen LogP contribution in [0.15, 0.2) is 24.3 Å². The average molecular weight is 363 g/mol. The first kappa shape index (κ1) is 19.3. The number of carbonyl (C=O) groups excluding carboxylic acids is 1. The Hall–Kier alpha value is -1.50. The van der Waals surface area contributed by atoms with Crippen molar-refractivity contribution in [3.8, 4) is 0 Å². The number of ether oxygens (including phenoxy) is 1. The van der Waals surface area contributed by atoms with Crippen LogP contribution in [0, 0.1) is 11.7 Å². The third-order valence-electron chi connectivity index (χ3n) is 5.47. The van der Waals surface area contributed by atoms with Crippen molar-refractivity contribution in [3.63, 3.8) is 0 Å². The van der Waals surface area contributed by atoms with Gasteiger partial charge in [-0.3, -0.25) is 9.69 Å². The molecule has 2 saturated heterocycles. The lowest BCUT2D eigenvalue weighted by Crippen LogP contribution is -2.43. The van der Waals surface area contributed by atoms with Crippen molar-refractivity contribution in [2.75, 3.05) is 45.9 Å². The minimum absolute atomic E-state index is 0.0577. The SMILES string of the molecule is O=C(CCC1CCNCC1)NCC(c1ccc(F)cc1)N1CCOCC1. The molecule has 6 heteroatoms. The number of hydrogen-bond acceptors (Lipinski definition) is 4. The molecule has 0 radical (unpaired) electrons. The van der Waals surface area contributed by atoms with Gasteiger partial charge in [0.05, 0.1) is 19.3 Å². The molecule has 2 fully saturated rings. The fourth-order valence-electron chi connectivity index (χ4n) is 3.84.